The van der Waals surface area contributed by atoms with E-state index in [9.17, 15) is 9.18 Å². The maximum Gasteiger partial charge on any atom is 0.410 e. The van der Waals surface area contributed by atoms with Crippen LogP contribution in [-0.2, 0) is 4.74 Å². The lowest BCUT2D eigenvalue weighted by Gasteiger charge is -2.35. The first-order valence-corrected chi connectivity index (χ1v) is 7.42. The van der Waals surface area contributed by atoms with Gasteiger partial charge in [-0.15, -0.1) is 0 Å². The normalized spacial score (nSPS) is 22.0. The van der Waals surface area contributed by atoms with Crippen LogP contribution in [0.2, 0.25) is 0 Å². The Bertz CT molecular complexity index is 572. The van der Waals surface area contributed by atoms with E-state index in [1.165, 1.54) is 4.90 Å². The average molecular weight is 304 g/mol. The fourth-order valence-electron chi connectivity index (χ4n) is 2.58. The number of halogens is 1. The zero-order valence-corrected chi connectivity index (χ0v) is 13.2. The molecule has 0 aliphatic carbocycles. The Labute approximate surface area is 130 Å². The second-order valence-electron chi connectivity index (χ2n) is 6.57. The van der Waals surface area contributed by atoms with Crippen LogP contribution < -0.4 is 0 Å². The lowest BCUT2D eigenvalue weighted by Crippen LogP contribution is -2.46. The van der Waals surface area contributed by atoms with Gasteiger partial charge in [0.25, 0.3) is 0 Å². The summed E-state index contributed by atoms with van der Waals surface area (Å²) in [7, 11) is 0. The Kier molecular flexibility index (Phi) is 4.70. The van der Waals surface area contributed by atoms with Gasteiger partial charge < -0.3 is 9.64 Å². The summed E-state index contributed by atoms with van der Waals surface area (Å²) in [6.07, 6.45) is -1.05. The van der Waals surface area contributed by atoms with Gasteiger partial charge in [0.15, 0.2) is 0 Å². The molecule has 0 saturated carbocycles. The highest BCUT2D eigenvalue weighted by Gasteiger charge is 2.34. The summed E-state index contributed by atoms with van der Waals surface area (Å²) in [5, 5.41) is 8.80. The Balaban J connectivity index is 2.00. The van der Waals surface area contributed by atoms with Crippen LogP contribution >= 0.6 is 0 Å². The number of carbonyl (C=O) groups is 1. The van der Waals surface area contributed by atoms with Gasteiger partial charge in [-0.25, -0.2) is 9.18 Å². The quantitative estimate of drug-likeness (QED) is 0.796. The summed E-state index contributed by atoms with van der Waals surface area (Å²) in [6, 6.07) is 9.02. The molecule has 0 aromatic heterocycles. The SMILES string of the molecule is CC(C)(C)OC(=O)N1CCC(c2ccc(C#N)cc2)C(F)C1. The molecule has 1 aromatic carbocycles. The highest BCUT2D eigenvalue weighted by molar-refractivity contribution is 5.68. The van der Waals surface area contributed by atoms with Crippen LogP contribution in [0.25, 0.3) is 0 Å². The van der Waals surface area contributed by atoms with Crippen molar-refractivity contribution >= 4 is 6.09 Å². The molecule has 1 heterocycles. The van der Waals surface area contributed by atoms with Crippen LogP contribution in [0.15, 0.2) is 24.3 Å². The molecule has 0 spiro atoms. The number of likely N-dealkylation sites (tertiary alicyclic amines) is 1. The number of hydrogen-bond acceptors (Lipinski definition) is 3. The third-order valence-electron chi connectivity index (χ3n) is 3.66. The topological polar surface area (TPSA) is 53.3 Å². The molecule has 22 heavy (non-hydrogen) atoms. The number of amides is 1. The monoisotopic (exact) mass is 304 g/mol. The van der Waals surface area contributed by atoms with Crippen molar-refractivity contribution in [2.45, 2.75) is 44.9 Å². The van der Waals surface area contributed by atoms with Gasteiger partial charge >= 0.3 is 6.09 Å². The first-order chi connectivity index (χ1) is 10.3. The Morgan fingerprint density at radius 3 is 2.50 bits per heavy atom. The zero-order chi connectivity index (χ0) is 16.3. The smallest absolute Gasteiger partial charge is 0.410 e. The van der Waals surface area contributed by atoms with Crippen molar-refractivity contribution < 1.29 is 13.9 Å². The molecular weight excluding hydrogens is 283 g/mol. The third kappa shape index (κ3) is 3.97. The molecule has 0 N–H and O–H groups in total. The van der Waals surface area contributed by atoms with E-state index in [1.807, 2.05) is 6.07 Å². The van der Waals surface area contributed by atoms with Gasteiger partial charge in [0.05, 0.1) is 18.2 Å². The van der Waals surface area contributed by atoms with Crippen LogP contribution in [-0.4, -0.2) is 35.9 Å². The van der Waals surface area contributed by atoms with Gasteiger partial charge in [0, 0.05) is 12.5 Å². The third-order valence-corrected chi connectivity index (χ3v) is 3.66. The van der Waals surface area contributed by atoms with Gasteiger partial charge in [-0.3, -0.25) is 0 Å². The second kappa shape index (κ2) is 6.35. The van der Waals surface area contributed by atoms with Gasteiger partial charge in [-0.05, 0) is 44.9 Å². The first-order valence-electron chi connectivity index (χ1n) is 7.42. The van der Waals surface area contributed by atoms with Gasteiger partial charge in [0.2, 0.25) is 0 Å². The molecule has 1 aliphatic heterocycles. The van der Waals surface area contributed by atoms with Crippen molar-refractivity contribution in [3.05, 3.63) is 35.4 Å². The summed E-state index contributed by atoms with van der Waals surface area (Å²) in [4.78, 5) is 13.4. The summed E-state index contributed by atoms with van der Waals surface area (Å²) in [5.74, 6) is -0.244. The number of nitrogens with zero attached hydrogens (tertiary/aromatic N) is 2. The number of carbonyl (C=O) groups excluding carboxylic acids is 1. The zero-order valence-electron chi connectivity index (χ0n) is 13.2. The highest BCUT2D eigenvalue weighted by atomic mass is 19.1. The van der Waals surface area contributed by atoms with Crippen molar-refractivity contribution in [2.75, 3.05) is 13.1 Å². The Morgan fingerprint density at radius 1 is 1.36 bits per heavy atom. The number of alkyl halides is 1. The van der Waals surface area contributed by atoms with E-state index < -0.39 is 17.9 Å². The van der Waals surface area contributed by atoms with Gasteiger partial charge in [-0.1, -0.05) is 12.1 Å². The number of nitriles is 1. The molecule has 1 amide bonds. The maximum atomic E-state index is 14.4. The summed E-state index contributed by atoms with van der Waals surface area (Å²) < 4.78 is 19.7. The molecule has 1 aliphatic rings. The van der Waals surface area contributed by atoms with Crippen molar-refractivity contribution in [1.29, 1.82) is 5.26 Å². The first kappa shape index (κ1) is 16.3. The predicted octanol–water partition coefficient (Wildman–Crippen LogP) is 3.62. The van der Waals surface area contributed by atoms with Crippen LogP contribution in [0.3, 0.4) is 0 Å². The van der Waals surface area contributed by atoms with Crippen molar-refractivity contribution in [2.24, 2.45) is 0 Å². The average Bonchev–Trinajstić information content (AvgIpc) is 2.45. The van der Waals surface area contributed by atoms with E-state index in [-0.39, 0.29) is 12.5 Å². The van der Waals surface area contributed by atoms with Crippen molar-refractivity contribution in [3.8, 4) is 6.07 Å². The van der Waals surface area contributed by atoms with Crippen LogP contribution in [0, 0.1) is 11.3 Å². The number of rotatable bonds is 1. The fraction of sp³-hybridized carbons (Fsp3) is 0.529. The van der Waals surface area contributed by atoms with Crippen LogP contribution in [0.1, 0.15) is 44.2 Å². The summed E-state index contributed by atoms with van der Waals surface area (Å²) in [6.45, 7) is 5.89. The van der Waals surface area contributed by atoms with E-state index in [0.717, 1.165) is 5.56 Å². The molecule has 0 radical (unpaired) electrons. The van der Waals surface area contributed by atoms with E-state index in [2.05, 4.69) is 0 Å². The molecule has 2 unspecified atom stereocenters. The number of benzene rings is 1. The molecular formula is C17H21FN2O2. The van der Waals surface area contributed by atoms with Crippen LogP contribution in [0.5, 0.6) is 0 Å². The largest absolute Gasteiger partial charge is 0.444 e. The molecule has 1 fully saturated rings. The Morgan fingerprint density at radius 2 is 2.00 bits per heavy atom. The van der Waals surface area contributed by atoms with Crippen molar-refractivity contribution in [3.63, 3.8) is 0 Å². The maximum absolute atomic E-state index is 14.4. The van der Waals surface area contributed by atoms with E-state index in [0.29, 0.717) is 18.5 Å². The summed E-state index contributed by atoms with van der Waals surface area (Å²) >= 11 is 0. The van der Waals surface area contributed by atoms with Gasteiger partial charge in [0.1, 0.15) is 11.8 Å². The highest BCUT2D eigenvalue weighted by Crippen LogP contribution is 2.31. The lowest BCUT2D eigenvalue weighted by molar-refractivity contribution is 0.0111. The molecule has 1 aromatic rings. The number of piperidine rings is 1. The minimum Gasteiger partial charge on any atom is -0.444 e. The second-order valence-corrected chi connectivity index (χ2v) is 6.57. The van der Waals surface area contributed by atoms with E-state index >= 15 is 0 Å². The molecule has 5 heteroatoms. The minimum atomic E-state index is -1.13. The molecule has 118 valence electrons. The lowest BCUT2D eigenvalue weighted by atomic mass is 9.87. The summed E-state index contributed by atoms with van der Waals surface area (Å²) in [5.41, 5.74) is 0.855. The molecule has 1 saturated heterocycles. The molecule has 4 nitrogen and oxygen atoms in total. The van der Waals surface area contributed by atoms with E-state index in [1.54, 1.807) is 45.0 Å². The molecule has 0 bridgehead atoms. The standard InChI is InChI=1S/C17H21FN2O2/c1-17(2,3)22-16(21)20-9-8-14(15(18)11-20)13-6-4-12(10-19)5-7-13/h4-7,14-15H,8-9,11H2,1-3H3. The van der Waals surface area contributed by atoms with Crippen molar-refractivity contribution in [1.82, 2.24) is 4.90 Å². The molecule has 2 atom stereocenters. The Hall–Kier alpha value is -2.09. The molecule has 2 rings (SSSR count). The number of hydrogen-bond donors (Lipinski definition) is 0. The number of ether oxygens (including phenoxy) is 1. The minimum absolute atomic E-state index is 0.0413. The fourth-order valence-corrected chi connectivity index (χ4v) is 2.58. The van der Waals surface area contributed by atoms with E-state index in [4.69, 9.17) is 10.00 Å². The van der Waals surface area contributed by atoms with Gasteiger partial charge in [-0.2, -0.15) is 5.26 Å². The predicted molar refractivity (Wildman–Crippen MR) is 81.2 cm³/mol. The van der Waals surface area contributed by atoms with Crippen LogP contribution in [0.4, 0.5) is 9.18 Å².